The van der Waals surface area contributed by atoms with Crippen LogP contribution in [0.15, 0.2) is 23.1 Å². The third-order valence-electron chi connectivity index (χ3n) is 2.59. The van der Waals surface area contributed by atoms with E-state index < -0.39 is 8.07 Å². The zero-order valence-corrected chi connectivity index (χ0v) is 13.0. The molecule has 0 spiro atoms. The molecule has 0 aliphatic heterocycles. The Morgan fingerprint density at radius 2 is 2.11 bits per heavy atom. The van der Waals surface area contributed by atoms with Crippen LogP contribution in [0.5, 0.6) is 0 Å². The van der Waals surface area contributed by atoms with Gasteiger partial charge < -0.3 is 0 Å². The fourth-order valence-corrected chi connectivity index (χ4v) is 4.70. The molecule has 0 unspecified atom stereocenters. The van der Waals surface area contributed by atoms with Crippen LogP contribution in [0.2, 0.25) is 19.6 Å². The summed E-state index contributed by atoms with van der Waals surface area (Å²) < 4.78 is 1.82. The van der Waals surface area contributed by atoms with Crippen molar-refractivity contribution in [2.24, 2.45) is 7.05 Å². The van der Waals surface area contributed by atoms with Crippen molar-refractivity contribution < 1.29 is 0 Å². The highest BCUT2D eigenvalue weighted by Gasteiger charge is 2.16. The monoisotopic (exact) mass is 277 g/mol. The van der Waals surface area contributed by atoms with Crippen LogP contribution in [0, 0.1) is 11.3 Å². The van der Waals surface area contributed by atoms with Crippen LogP contribution in [0.4, 0.5) is 0 Å². The quantitative estimate of drug-likeness (QED) is 0.637. The Labute approximate surface area is 113 Å². The van der Waals surface area contributed by atoms with Crippen molar-refractivity contribution in [3.8, 4) is 6.07 Å². The number of fused-ring (bicyclic) bond motifs is 1. The average molecular weight is 277 g/mol. The second-order valence-corrected chi connectivity index (χ2v) is 12.6. The molecule has 18 heavy (non-hydrogen) atoms. The number of thioether (sulfide) groups is 1. The number of aromatic nitrogens is 2. The van der Waals surface area contributed by atoms with E-state index in [-0.39, 0.29) is 0 Å². The maximum Gasteiger partial charge on any atom is 0.170 e. The Morgan fingerprint density at radius 3 is 2.72 bits per heavy atom. The van der Waals surface area contributed by atoms with Crippen LogP contribution in [-0.4, -0.2) is 23.2 Å². The summed E-state index contributed by atoms with van der Waals surface area (Å²) >= 11 is 1.89. The van der Waals surface area contributed by atoms with Gasteiger partial charge in [-0.2, -0.15) is 10.4 Å². The maximum atomic E-state index is 9.07. The van der Waals surface area contributed by atoms with Gasteiger partial charge in [0.15, 0.2) is 5.69 Å². The van der Waals surface area contributed by atoms with Crippen molar-refractivity contribution in [3.63, 3.8) is 0 Å². The van der Waals surface area contributed by atoms with Gasteiger partial charge in [-0.25, -0.2) is 0 Å². The molecule has 0 N–H and O–H groups in total. The number of aryl methyl sites for hydroxylation is 1. The second kappa shape index (κ2) is 4.79. The first kappa shape index (κ1) is 13.2. The van der Waals surface area contributed by atoms with E-state index in [1.165, 1.54) is 10.3 Å². The highest BCUT2D eigenvalue weighted by Crippen LogP contribution is 2.30. The Bertz CT molecular complexity index is 619. The molecule has 0 saturated heterocycles. The molecule has 0 bridgehead atoms. The largest absolute Gasteiger partial charge is 0.265 e. The van der Waals surface area contributed by atoms with Crippen molar-refractivity contribution in [2.45, 2.75) is 24.5 Å². The Hall–Kier alpha value is -1.25. The normalized spacial score (nSPS) is 11.7. The molecule has 94 valence electrons. The summed E-state index contributed by atoms with van der Waals surface area (Å²) in [6.45, 7) is 7.10. The lowest BCUT2D eigenvalue weighted by Crippen LogP contribution is -2.23. The fourth-order valence-electron chi connectivity index (χ4n) is 1.79. The lowest BCUT2D eigenvalue weighted by atomic mass is 10.2. The first-order chi connectivity index (χ1) is 8.42. The van der Waals surface area contributed by atoms with Gasteiger partial charge in [0.2, 0.25) is 0 Å². The Balaban J connectivity index is 2.46. The van der Waals surface area contributed by atoms with Crippen LogP contribution in [0.1, 0.15) is 5.69 Å². The summed E-state index contributed by atoms with van der Waals surface area (Å²) in [6, 6.07) is 8.26. The SMILES string of the molecule is Cn1nc([14C]#N)c2cccc(SC[Si](C)(C)C)c21. The summed E-state index contributed by atoms with van der Waals surface area (Å²) in [5.74, 6) is 0. The number of rotatable bonds is 3. The molecular formula is C13H17N3SSi. The number of nitrogens with zero attached hydrogens (tertiary/aromatic N) is 3. The molecule has 0 amide bonds. The van der Waals surface area contributed by atoms with Crippen LogP contribution in [-0.2, 0) is 7.05 Å². The predicted molar refractivity (Wildman–Crippen MR) is 79.5 cm³/mol. The third-order valence-corrected chi connectivity index (χ3v) is 7.28. The number of benzene rings is 1. The molecule has 0 aliphatic carbocycles. The molecule has 0 radical (unpaired) electrons. The van der Waals surface area contributed by atoms with Crippen LogP contribution in [0.3, 0.4) is 0 Å². The van der Waals surface area contributed by atoms with Crippen molar-refractivity contribution >= 4 is 30.7 Å². The lowest BCUT2D eigenvalue weighted by Gasteiger charge is -2.15. The Kier molecular flexibility index (Phi) is 3.51. The molecule has 2 rings (SSSR count). The van der Waals surface area contributed by atoms with E-state index in [2.05, 4.69) is 36.9 Å². The van der Waals surface area contributed by atoms with Crippen LogP contribution in [0.25, 0.3) is 10.9 Å². The summed E-state index contributed by atoms with van der Waals surface area (Å²) in [5.41, 5.74) is 1.60. The van der Waals surface area contributed by atoms with Gasteiger partial charge in [0.1, 0.15) is 6.07 Å². The molecule has 1 heterocycles. The molecule has 2 aromatic rings. The molecule has 0 aliphatic rings. The van der Waals surface area contributed by atoms with Crippen molar-refractivity contribution in [1.82, 2.24) is 9.78 Å². The highest BCUT2D eigenvalue weighted by atomic mass is 32.2. The van der Waals surface area contributed by atoms with Gasteiger partial charge in [0.25, 0.3) is 0 Å². The van der Waals surface area contributed by atoms with Crippen LogP contribution >= 0.6 is 11.8 Å². The van der Waals surface area contributed by atoms with E-state index in [1.807, 2.05) is 35.6 Å². The number of hydrogen-bond acceptors (Lipinski definition) is 3. The summed E-state index contributed by atoms with van der Waals surface area (Å²) in [6.07, 6.45) is 0. The first-order valence-electron chi connectivity index (χ1n) is 5.91. The molecule has 1 aromatic heterocycles. The minimum absolute atomic E-state index is 0.517. The van der Waals surface area contributed by atoms with Crippen molar-refractivity contribution in [2.75, 3.05) is 5.38 Å². The standard InChI is InChI=1S/C13H17N3SSi/c1-16-13-10(11(8-14)15-16)6-5-7-12(13)17-9-18(2,3)4/h5-7H,9H2,1-4H3/i8+2. The van der Waals surface area contributed by atoms with Crippen molar-refractivity contribution in [1.29, 1.82) is 5.26 Å². The smallest absolute Gasteiger partial charge is 0.170 e. The number of para-hydroxylation sites is 1. The number of nitriles is 1. The summed E-state index contributed by atoms with van der Waals surface area (Å²) in [4.78, 5) is 1.23. The van der Waals surface area contributed by atoms with Gasteiger partial charge in [-0.15, -0.1) is 11.8 Å². The zero-order valence-electron chi connectivity index (χ0n) is 11.2. The predicted octanol–water partition coefficient (Wildman–Crippen LogP) is 3.41. The van der Waals surface area contributed by atoms with E-state index in [1.54, 1.807) is 0 Å². The minimum Gasteiger partial charge on any atom is -0.265 e. The summed E-state index contributed by atoms with van der Waals surface area (Å²) in [7, 11) is 0.827. The van der Waals surface area contributed by atoms with E-state index >= 15 is 0 Å². The topological polar surface area (TPSA) is 41.6 Å². The van der Waals surface area contributed by atoms with E-state index in [0.717, 1.165) is 10.9 Å². The second-order valence-electron chi connectivity index (χ2n) is 5.59. The molecule has 1 aromatic carbocycles. The minimum atomic E-state index is -1.08. The van der Waals surface area contributed by atoms with Gasteiger partial charge in [-0.3, -0.25) is 4.68 Å². The highest BCUT2D eigenvalue weighted by molar-refractivity contribution is 8.01. The maximum absolute atomic E-state index is 9.07. The summed E-state index contributed by atoms with van der Waals surface area (Å²) in [5, 5.41) is 15.5. The lowest BCUT2D eigenvalue weighted by molar-refractivity contribution is 0.786. The van der Waals surface area contributed by atoms with Gasteiger partial charge in [-0.1, -0.05) is 25.7 Å². The third kappa shape index (κ3) is 2.60. The average Bonchev–Trinajstić information content (AvgIpc) is 2.63. The molecule has 0 atom stereocenters. The molecular weight excluding hydrogens is 260 g/mol. The van der Waals surface area contributed by atoms with Gasteiger partial charge >= 0.3 is 0 Å². The van der Waals surface area contributed by atoms with Gasteiger partial charge in [-0.05, 0) is 17.5 Å². The molecule has 0 saturated carbocycles. The molecule has 0 fully saturated rings. The fraction of sp³-hybridized carbons (Fsp3) is 0.385. The van der Waals surface area contributed by atoms with Gasteiger partial charge in [0.05, 0.1) is 13.6 Å². The van der Waals surface area contributed by atoms with Crippen LogP contribution < -0.4 is 0 Å². The zero-order chi connectivity index (χ0) is 13.3. The van der Waals surface area contributed by atoms with E-state index in [9.17, 15) is 0 Å². The number of hydrogen-bond donors (Lipinski definition) is 0. The van der Waals surface area contributed by atoms with Gasteiger partial charge in [0, 0.05) is 17.3 Å². The Morgan fingerprint density at radius 1 is 1.39 bits per heavy atom. The first-order valence-corrected chi connectivity index (χ1v) is 10.6. The van der Waals surface area contributed by atoms with Crippen molar-refractivity contribution in [3.05, 3.63) is 23.9 Å². The molecule has 5 heteroatoms. The van der Waals surface area contributed by atoms with E-state index in [4.69, 9.17) is 5.26 Å². The molecule has 3 nitrogen and oxygen atoms in total. The van der Waals surface area contributed by atoms with E-state index in [0.29, 0.717) is 5.69 Å².